The highest BCUT2D eigenvalue weighted by atomic mass is 35.5. The number of anilines is 1. The Hall–Kier alpha value is -2.93. The van der Waals surface area contributed by atoms with Crippen molar-refractivity contribution in [2.45, 2.75) is 20.4 Å². The quantitative estimate of drug-likeness (QED) is 0.695. The van der Waals surface area contributed by atoms with Crippen molar-refractivity contribution in [1.82, 2.24) is 15.0 Å². The van der Waals surface area contributed by atoms with Crippen molar-refractivity contribution in [1.29, 1.82) is 0 Å². The van der Waals surface area contributed by atoms with Gasteiger partial charge in [-0.05, 0) is 49.7 Å². The van der Waals surface area contributed by atoms with Gasteiger partial charge in [-0.15, -0.1) is 5.10 Å². The molecule has 0 aliphatic rings. The van der Waals surface area contributed by atoms with E-state index in [1.165, 1.54) is 0 Å². The molecule has 0 spiro atoms. The third kappa shape index (κ3) is 3.67. The Bertz CT molecular complexity index is 984. The second-order valence-electron chi connectivity index (χ2n) is 5.65. The minimum atomic E-state index is -0.601. The van der Waals surface area contributed by atoms with Crippen LogP contribution in [0.2, 0.25) is 5.02 Å². The van der Waals surface area contributed by atoms with Gasteiger partial charge in [0.2, 0.25) is 0 Å². The minimum absolute atomic E-state index is 0.312. The van der Waals surface area contributed by atoms with Crippen LogP contribution in [0.3, 0.4) is 0 Å². The first-order chi connectivity index (χ1) is 12.5. The largest absolute Gasteiger partial charge is 0.452 e. The predicted octanol–water partition coefficient (Wildman–Crippen LogP) is 3.21. The van der Waals surface area contributed by atoms with Crippen molar-refractivity contribution in [2.24, 2.45) is 0 Å². The zero-order chi connectivity index (χ0) is 18.7. The van der Waals surface area contributed by atoms with E-state index < -0.39 is 18.5 Å². The van der Waals surface area contributed by atoms with E-state index in [2.05, 4.69) is 15.6 Å². The Morgan fingerprint density at radius 2 is 2.08 bits per heavy atom. The maximum atomic E-state index is 12.2. The van der Waals surface area contributed by atoms with Crippen molar-refractivity contribution < 1.29 is 14.3 Å². The van der Waals surface area contributed by atoms with Gasteiger partial charge in [-0.25, -0.2) is 9.48 Å². The third-order valence-corrected chi connectivity index (χ3v) is 4.33. The molecular formula is C18H17ClN4O3. The number of carbonyl (C=O) groups is 2. The summed E-state index contributed by atoms with van der Waals surface area (Å²) in [6, 6.07) is 10.2. The SMILES string of the molecule is CCn1nnc2cc(C(=O)OCC(=O)Nc3cccc(Cl)c3C)ccc21. The summed E-state index contributed by atoms with van der Waals surface area (Å²) in [5, 5.41) is 11.2. The molecule has 3 aromatic rings. The number of rotatable bonds is 5. The average molecular weight is 373 g/mol. The van der Waals surface area contributed by atoms with Crippen LogP contribution in [0.1, 0.15) is 22.8 Å². The average Bonchev–Trinajstić information content (AvgIpc) is 3.05. The number of aryl methyl sites for hydroxylation is 1. The summed E-state index contributed by atoms with van der Waals surface area (Å²) >= 11 is 6.02. The van der Waals surface area contributed by atoms with E-state index in [1.807, 2.05) is 6.92 Å². The summed E-state index contributed by atoms with van der Waals surface area (Å²) in [4.78, 5) is 24.2. The molecule has 2 aromatic carbocycles. The molecule has 8 heteroatoms. The highest BCUT2D eigenvalue weighted by Crippen LogP contribution is 2.22. The van der Waals surface area contributed by atoms with Crippen LogP contribution >= 0.6 is 11.6 Å². The molecule has 0 aliphatic heterocycles. The van der Waals surface area contributed by atoms with Gasteiger partial charge in [0.25, 0.3) is 5.91 Å². The minimum Gasteiger partial charge on any atom is -0.452 e. The van der Waals surface area contributed by atoms with E-state index in [4.69, 9.17) is 16.3 Å². The van der Waals surface area contributed by atoms with Crippen LogP contribution in [-0.4, -0.2) is 33.5 Å². The number of fused-ring (bicyclic) bond motifs is 1. The van der Waals surface area contributed by atoms with Gasteiger partial charge in [-0.3, -0.25) is 4.79 Å². The number of amides is 1. The van der Waals surface area contributed by atoms with Gasteiger partial charge in [0, 0.05) is 17.3 Å². The first kappa shape index (κ1) is 17.9. The third-order valence-electron chi connectivity index (χ3n) is 3.93. The summed E-state index contributed by atoms with van der Waals surface area (Å²) in [6.07, 6.45) is 0. The van der Waals surface area contributed by atoms with E-state index in [0.29, 0.717) is 28.3 Å². The summed E-state index contributed by atoms with van der Waals surface area (Å²) < 4.78 is 6.80. The Morgan fingerprint density at radius 1 is 1.27 bits per heavy atom. The lowest BCUT2D eigenvalue weighted by Gasteiger charge is -2.10. The Labute approximate surface area is 154 Å². The molecule has 0 bridgehead atoms. The molecule has 1 amide bonds. The van der Waals surface area contributed by atoms with Crippen LogP contribution in [0.4, 0.5) is 5.69 Å². The molecule has 1 heterocycles. The van der Waals surface area contributed by atoms with Gasteiger partial charge in [0.05, 0.1) is 11.1 Å². The smallest absolute Gasteiger partial charge is 0.338 e. The van der Waals surface area contributed by atoms with Gasteiger partial charge < -0.3 is 10.1 Å². The standard InChI is InChI=1S/C18H17ClN4O3/c1-3-23-16-8-7-12(9-15(16)21-22-23)18(25)26-10-17(24)20-14-6-4-5-13(19)11(14)2/h4-9H,3,10H2,1-2H3,(H,20,24). The molecule has 0 unspecified atom stereocenters. The van der Waals surface area contributed by atoms with Crippen molar-refractivity contribution in [3.8, 4) is 0 Å². The molecular weight excluding hydrogens is 356 g/mol. The van der Waals surface area contributed by atoms with Gasteiger partial charge in [0.15, 0.2) is 6.61 Å². The van der Waals surface area contributed by atoms with E-state index in [0.717, 1.165) is 11.1 Å². The number of benzene rings is 2. The van der Waals surface area contributed by atoms with E-state index in [-0.39, 0.29) is 0 Å². The summed E-state index contributed by atoms with van der Waals surface area (Å²) in [5.41, 5.74) is 3.07. The van der Waals surface area contributed by atoms with Gasteiger partial charge in [-0.2, -0.15) is 0 Å². The summed E-state index contributed by atoms with van der Waals surface area (Å²) in [6.45, 7) is 4.03. The first-order valence-electron chi connectivity index (χ1n) is 8.05. The van der Waals surface area contributed by atoms with E-state index >= 15 is 0 Å². The fourth-order valence-corrected chi connectivity index (χ4v) is 2.65. The number of aromatic nitrogens is 3. The lowest BCUT2D eigenvalue weighted by atomic mass is 10.2. The number of halogens is 1. The Kier molecular flexibility index (Phi) is 5.18. The fourth-order valence-electron chi connectivity index (χ4n) is 2.48. The molecule has 7 nitrogen and oxygen atoms in total. The molecule has 0 saturated heterocycles. The number of hydrogen-bond donors (Lipinski definition) is 1. The maximum absolute atomic E-state index is 12.2. The molecule has 0 aliphatic carbocycles. The lowest BCUT2D eigenvalue weighted by Crippen LogP contribution is -2.21. The second-order valence-corrected chi connectivity index (χ2v) is 6.05. The molecule has 1 aromatic heterocycles. The van der Waals surface area contributed by atoms with Crippen LogP contribution in [0.25, 0.3) is 11.0 Å². The van der Waals surface area contributed by atoms with Crippen LogP contribution in [0.5, 0.6) is 0 Å². The molecule has 134 valence electrons. The topological polar surface area (TPSA) is 86.1 Å². The zero-order valence-corrected chi connectivity index (χ0v) is 15.1. The van der Waals surface area contributed by atoms with E-state index in [9.17, 15) is 9.59 Å². The number of nitrogens with zero attached hydrogens (tertiary/aromatic N) is 3. The van der Waals surface area contributed by atoms with Gasteiger partial charge >= 0.3 is 5.97 Å². The predicted molar refractivity (Wildman–Crippen MR) is 98.3 cm³/mol. The maximum Gasteiger partial charge on any atom is 0.338 e. The van der Waals surface area contributed by atoms with Crippen molar-refractivity contribution in [2.75, 3.05) is 11.9 Å². The molecule has 0 radical (unpaired) electrons. The van der Waals surface area contributed by atoms with Crippen LogP contribution in [0, 0.1) is 6.92 Å². The molecule has 0 fully saturated rings. The molecule has 0 saturated carbocycles. The van der Waals surface area contributed by atoms with Gasteiger partial charge in [-0.1, -0.05) is 22.9 Å². The Balaban J connectivity index is 1.63. The van der Waals surface area contributed by atoms with Crippen molar-refractivity contribution >= 4 is 40.2 Å². The summed E-state index contributed by atoms with van der Waals surface area (Å²) in [5.74, 6) is -1.04. The van der Waals surface area contributed by atoms with Crippen molar-refractivity contribution in [3.63, 3.8) is 0 Å². The molecule has 26 heavy (non-hydrogen) atoms. The number of nitrogens with one attached hydrogen (secondary N) is 1. The summed E-state index contributed by atoms with van der Waals surface area (Å²) in [7, 11) is 0. The number of ether oxygens (including phenoxy) is 1. The van der Waals surface area contributed by atoms with E-state index in [1.54, 1.807) is 48.0 Å². The molecule has 1 N–H and O–H groups in total. The number of hydrogen-bond acceptors (Lipinski definition) is 5. The lowest BCUT2D eigenvalue weighted by molar-refractivity contribution is -0.119. The highest BCUT2D eigenvalue weighted by Gasteiger charge is 2.14. The van der Waals surface area contributed by atoms with Crippen LogP contribution in [-0.2, 0) is 16.1 Å². The normalized spacial score (nSPS) is 10.7. The van der Waals surface area contributed by atoms with Crippen LogP contribution < -0.4 is 5.32 Å². The van der Waals surface area contributed by atoms with Gasteiger partial charge in [0.1, 0.15) is 5.52 Å². The molecule has 0 atom stereocenters. The zero-order valence-electron chi connectivity index (χ0n) is 14.3. The van der Waals surface area contributed by atoms with Crippen LogP contribution in [0.15, 0.2) is 36.4 Å². The van der Waals surface area contributed by atoms with Crippen molar-refractivity contribution in [3.05, 3.63) is 52.5 Å². The highest BCUT2D eigenvalue weighted by molar-refractivity contribution is 6.31. The monoisotopic (exact) mass is 372 g/mol. The first-order valence-corrected chi connectivity index (χ1v) is 8.42. The second kappa shape index (κ2) is 7.53. The molecule has 3 rings (SSSR count). The fraction of sp³-hybridized carbons (Fsp3) is 0.222. The number of carbonyl (C=O) groups excluding carboxylic acids is 2. The Morgan fingerprint density at radius 3 is 2.85 bits per heavy atom. The number of esters is 1.